The number of benzene rings is 2. The second kappa shape index (κ2) is 11.6. The lowest BCUT2D eigenvalue weighted by Gasteiger charge is -2.41. The Morgan fingerprint density at radius 3 is 1.62 bits per heavy atom. The summed E-state index contributed by atoms with van der Waals surface area (Å²) in [5, 5.41) is 9.00. The maximum Gasteiger partial charge on any atom is 0.312 e. The minimum Gasteiger partial charge on any atom is -0.436 e. The van der Waals surface area contributed by atoms with Crippen LogP contribution in [0, 0.1) is 11.3 Å². The van der Waals surface area contributed by atoms with Crippen LogP contribution >= 0.6 is 0 Å². The van der Waals surface area contributed by atoms with Crippen molar-refractivity contribution >= 4 is 33.8 Å². The van der Waals surface area contributed by atoms with Crippen molar-refractivity contribution in [1.29, 1.82) is 5.26 Å². The maximum absolute atomic E-state index is 9.00. The molecule has 0 amide bonds. The summed E-state index contributed by atoms with van der Waals surface area (Å²) in [5.74, 6) is 0. The van der Waals surface area contributed by atoms with Crippen LogP contribution in [-0.4, -0.2) is 33.8 Å². The molecular weight excluding hydrogens is 487 g/mol. The minimum atomic E-state index is -2.34. The van der Waals surface area contributed by atoms with E-state index in [1.54, 1.807) is 0 Å². The van der Waals surface area contributed by atoms with Gasteiger partial charge in [0.05, 0.1) is 11.6 Å². The minimum absolute atomic E-state index is 0.683. The molecule has 0 radical (unpaired) electrons. The topological polar surface area (TPSA) is 51.5 Å². The first-order valence-electron chi connectivity index (χ1n) is 12.4. The van der Waals surface area contributed by atoms with Gasteiger partial charge in [0.1, 0.15) is 0 Å². The summed E-state index contributed by atoms with van der Waals surface area (Å²) in [5.41, 5.74) is 4.26. The van der Waals surface area contributed by atoms with Crippen molar-refractivity contribution in [3.8, 4) is 17.2 Å². The molecule has 186 valence electrons. The molecule has 0 aliphatic rings. The molecule has 2 aromatic carbocycles. The lowest BCUT2D eigenvalue weighted by Crippen LogP contribution is -2.56. The van der Waals surface area contributed by atoms with Gasteiger partial charge in [0.2, 0.25) is 0 Å². The zero-order valence-electron chi connectivity index (χ0n) is 22.6. The standard InChI is InChI=1S/C26H43NO3Si4/c1-10-11-20-31(2,3)28-33(6,7)30-34(8,9)29-32(4,5)22-24-14-18-26(19-15-24)25-16-12-23(21-27)13-17-25/h12-19H,10-11,20,22H2,1-9H3. The molecule has 34 heavy (non-hydrogen) atoms. The Morgan fingerprint density at radius 2 is 1.15 bits per heavy atom. The zero-order chi connectivity index (χ0) is 25.6. The van der Waals surface area contributed by atoms with Gasteiger partial charge in [-0.15, -0.1) is 0 Å². The van der Waals surface area contributed by atoms with Gasteiger partial charge >= 0.3 is 17.1 Å². The van der Waals surface area contributed by atoms with E-state index in [0.717, 1.165) is 17.2 Å². The van der Waals surface area contributed by atoms with Gasteiger partial charge in [-0.05, 0) is 93.3 Å². The number of nitrogens with zero attached hydrogens (tertiary/aromatic N) is 1. The fourth-order valence-electron chi connectivity index (χ4n) is 4.70. The van der Waals surface area contributed by atoms with Crippen molar-refractivity contribution in [2.24, 2.45) is 0 Å². The van der Waals surface area contributed by atoms with Crippen LogP contribution in [-0.2, 0) is 18.4 Å². The summed E-state index contributed by atoms with van der Waals surface area (Å²) >= 11 is 0. The van der Waals surface area contributed by atoms with E-state index < -0.39 is 33.8 Å². The second-order valence-corrected chi connectivity index (χ2v) is 27.2. The van der Waals surface area contributed by atoms with Crippen molar-refractivity contribution in [3.05, 3.63) is 59.7 Å². The second-order valence-electron chi connectivity index (χ2n) is 11.3. The van der Waals surface area contributed by atoms with Crippen molar-refractivity contribution in [2.45, 2.75) is 84.2 Å². The summed E-state index contributed by atoms with van der Waals surface area (Å²) in [7, 11) is -8.31. The van der Waals surface area contributed by atoms with Crippen molar-refractivity contribution in [2.75, 3.05) is 0 Å². The molecule has 8 heteroatoms. The average Bonchev–Trinajstić information content (AvgIpc) is 2.70. The van der Waals surface area contributed by atoms with E-state index in [1.807, 2.05) is 24.3 Å². The van der Waals surface area contributed by atoms with Crippen LogP contribution in [0.5, 0.6) is 0 Å². The first-order valence-corrected chi connectivity index (χ1v) is 24.2. The molecule has 2 rings (SSSR count). The van der Waals surface area contributed by atoms with E-state index in [1.165, 1.54) is 24.4 Å². The summed E-state index contributed by atoms with van der Waals surface area (Å²) in [4.78, 5) is 0. The van der Waals surface area contributed by atoms with Gasteiger partial charge in [-0.25, -0.2) is 0 Å². The van der Waals surface area contributed by atoms with Gasteiger partial charge in [-0.3, -0.25) is 0 Å². The van der Waals surface area contributed by atoms with E-state index >= 15 is 0 Å². The van der Waals surface area contributed by atoms with E-state index in [0.29, 0.717) is 5.56 Å². The van der Waals surface area contributed by atoms with Crippen molar-refractivity contribution in [1.82, 2.24) is 0 Å². The molecule has 0 spiro atoms. The molecule has 0 heterocycles. The summed E-state index contributed by atoms with van der Waals surface area (Å²) in [6.07, 6.45) is 2.44. The molecule has 0 bridgehead atoms. The Kier molecular flexibility index (Phi) is 9.87. The number of unbranched alkanes of at least 4 members (excludes halogenated alkanes) is 1. The van der Waals surface area contributed by atoms with Gasteiger partial charge in [-0.1, -0.05) is 56.2 Å². The Balaban J connectivity index is 2.01. The van der Waals surface area contributed by atoms with Crippen LogP contribution in [0.15, 0.2) is 48.5 Å². The van der Waals surface area contributed by atoms with Gasteiger partial charge in [-0.2, -0.15) is 5.26 Å². The fourth-order valence-corrected chi connectivity index (χ4v) is 24.3. The predicted molar refractivity (Wildman–Crippen MR) is 153 cm³/mol. The molecule has 2 aromatic rings. The van der Waals surface area contributed by atoms with Crippen LogP contribution in [0.3, 0.4) is 0 Å². The van der Waals surface area contributed by atoms with Gasteiger partial charge in [0.15, 0.2) is 16.6 Å². The molecular formula is C26H43NO3Si4. The molecule has 0 aliphatic heterocycles. The number of rotatable bonds is 12. The normalized spacial score (nSPS) is 13.1. The van der Waals surface area contributed by atoms with Gasteiger partial charge < -0.3 is 12.3 Å². The third-order valence-electron chi connectivity index (χ3n) is 5.60. The summed E-state index contributed by atoms with van der Waals surface area (Å²) in [6, 6.07) is 20.7. The van der Waals surface area contributed by atoms with E-state index in [2.05, 4.69) is 89.6 Å². The Labute approximate surface area is 212 Å². The van der Waals surface area contributed by atoms with Crippen LogP contribution in [0.25, 0.3) is 11.1 Å². The highest BCUT2D eigenvalue weighted by atomic mass is 28.5. The van der Waals surface area contributed by atoms with Crippen LogP contribution in [0.4, 0.5) is 0 Å². The Morgan fingerprint density at radius 1 is 0.676 bits per heavy atom. The molecule has 0 N–H and O–H groups in total. The molecule has 0 atom stereocenters. The molecule has 0 fully saturated rings. The van der Waals surface area contributed by atoms with Crippen molar-refractivity contribution in [3.63, 3.8) is 0 Å². The van der Waals surface area contributed by atoms with Crippen LogP contribution in [0.1, 0.15) is 30.9 Å². The first kappa shape index (κ1) is 28.9. The highest BCUT2D eigenvalue weighted by Gasteiger charge is 2.43. The molecule has 4 nitrogen and oxygen atoms in total. The van der Waals surface area contributed by atoms with Crippen LogP contribution in [0.2, 0.25) is 58.4 Å². The summed E-state index contributed by atoms with van der Waals surface area (Å²) < 4.78 is 20.2. The maximum atomic E-state index is 9.00. The van der Waals surface area contributed by atoms with E-state index in [9.17, 15) is 0 Å². The Bertz CT molecular complexity index is 965. The molecule has 0 saturated carbocycles. The predicted octanol–water partition coefficient (Wildman–Crippen LogP) is 7.97. The number of hydrogen-bond donors (Lipinski definition) is 0. The third kappa shape index (κ3) is 9.74. The monoisotopic (exact) mass is 529 g/mol. The smallest absolute Gasteiger partial charge is 0.312 e. The molecule has 0 aromatic heterocycles. The number of nitriles is 1. The highest BCUT2D eigenvalue weighted by molar-refractivity contribution is 6.89. The third-order valence-corrected chi connectivity index (χ3v) is 20.7. The molecule has 0 aliphatic carbocycles. The zero-order valence-corrected chi connectivity index (χ0v) is 26.6. The number of hydrogen-bond acceptors (Lipinski definition) is 4. The van der Waals surface area contributed by atoms with Gasteiger partial charge in [0, 0.05) is 0 Å². The quantitative estimate of drug-likeness (QED) is 0.262. The Hall–Kier alpha value is -1.32. The van der Waals surface area contributed by atoms with E-state index in [-0.39, 0.29) is 0 Å². The lowest BCUT2D eigenvalue weighted by atomic mass is 10.0. The summed E-state index contributed by atoms with van der Waals surface area (Å²) in [6.45, 7) is 20.2. The first-order chi connectivity index (χ1) is 15.7. The lowest BCUT2D eigenvalue weighted by molar-refractivity contribution is 0.327. The largest absolute Gasteiger partial charge is 0.436 e. The molecule has 0 saturated heterocycles. The fraction of sp³-hybridized carbons (Fsp3) is 0.500. The molecule has 0 unspecified atom stereocenters. The highest BCUT2D eigenvalue weighted by Crippen LogP contribution is 2.28. The van der Waals surface area contributed by atoms with Crippen molar-refractivity contribution < 1.29 is 12.3 Å². The average molecular weight is 530 g/mol. The SMILES string of the molecule is CCCC[Si](C)(C)O[Si](C)(C)O[Si](C)(C)O[Si](C)(C)Cc1ccc(-c2ccc(C#N)cc2)cc1. The van der Waals surface area contributed by atoms with Gasteiger partial charge in [0.25, 0.3) is 0 Å². The van der Waals surface area contributed by atoms with Crippen LogP contribution < -0.4 is 0 Å². The van der Waals surface area contributed by atoms with E-state index in [4.69, 9.17) is 17.6 Å².